The first kappa shape index (κ1) is 13.0. The number of hydrogen-bond donors (Lipinski definition) is 6. The maximum absolute atomic E-state index is 8.72. The van der Waals surface area contributed by atoms with Crippen molar-refractivity contribution in [2.45, 2.75) is 24.8 Å². The van der Waals surface area contributed by atoms with Crippen molar-refractivity contribution in [1.29, 1.82) is 0 Å². The summed E-state index contributed by atoms with van der Waals surface area (Å²) in [5.74, 6) is -5.54. The van der Waals surface area contributed by atoms with Crippen molar-refractivity contribution in [1.82, 2.24) is 0 Å². The fraction of sp³-hybridized carbons (Fsp3) is 0.400. The molecule has 0 unspecified atom stereocenters. The van der Waals surface area contributed by atoms with E-state index in [-0.39, 0.29) is 12.8 Å². The Hall–Kier alpha value is -1.02. The van der Waals surface area contributed by atoms with Crippen molar-refractivity contribution < 1.29 is 30.6 Å². The van der Waals surface area contributed by atoms with Gasteiger partial charge >= 0.3 is 0 Å². The van der Waals surface area contributed by atoms with E-state index in [4.69, 9.17) is 30.6 Å². The van der Waals surface area contributed by atoms with Gasteiger partial charge in [-0.05, 0) is 11.1 Å². The lowest BCUT2D eigenvalue weighted by molar-refractivity contribution is -0.311. The second-order valence-electron chi connectivity index (χ2n) is 3.72. The molecule has 6 nitrogen and oxygen atoms in total. The summed E-state index contributed by atoms with van der Waals surface area (Å²) in [5.41, 5.74) is 0.909. The van der Waals surface area contributed by atoms with Crippen LogP contribution in [-0.4, -0.2) is 42.6 Å². The summed E-state index contributed by atoms with van der Waals surface area (Å²) < 4.78 is 0. The van der Waals surface area contributed by atoms with Gasteiger partial charge in [0.05, 0.1) is 12.8 Å². The third kappa shape index (κ3) is 5.17. The van der Waals surface area contributed by atoms with Gasteiger partial charge in [-0.2, -0.15) is 0 Å². The molecule has 1 rings (SSSR count). The predicted molar refractivity (Wildman–Crippen MR) is 52.6 cm³/mol. The van der Waals surface area contributed by atoms with Crippen LogP contribution < -0.4 is 0 Å². The van der Waals surface area contributed by atoms with E-state index < -0.39 is 11.9 Å². The molecule has 6 heteroatoms. The third-order valence-corrected chi connectivity index (χ3v) is 1.91. The van der Waals surface area contributed by atoms with Gasteiger partial charge in [-0.1, -0.05) is 24.3 Å². The minimum Gasteiger partial charge on any atom is -0.343 e. The van der Waals surface area contributed by atoms with Crippen molar-refractivity contribution in [3.05, 3.63) is 35.4 Å². The molecule has 0 aliphatic heterocycles. The Balaban J connectivity index is 2.69. The molecule has 1 aromatic rings. The molecule has 0 saturated carbocycles. The van der Waals surface area contributed by atoms with Crippen LogP contribution in [0.3, 0.4) is 0 Å². The van der Waals surface area contributed by atoms with Gasteiger partial charge in [-0.3, -0.25) is 0 Å². The summed E-state index contributed by atoms with van der Waals surface area (Å²) in [4.78, 5) is 0. The van der Waals surface area contributed by atoms with Crippen LogP contribution in [0.5, 0.6) is 0 Å². The molecule has 0 amide bonds. The van der Waals surface area contributed by atoms with Gasteiger partial charge in [0.2, 0.25) is 0 Å². The predicted octanol–water partition coefficient (Wildman–Crippen LogP) is -1.97. The third-order valence-electron chi connectivity index (χ3n) is 1.91. The lowest BCUT2D eigenvalue weighted by Crippen LogP contribution is -2.30. The molecule has 0 radical (unpaired) electrons. The SMILES string of the molecule is OC(O)(O)Cc1ccc(CC(O)(O)O)cc1. The number of rotatable bonds is 4. The molecule has 90 valence electrons. The highest BCUT2D eigenvalue weighted by Crippen LogP contribution is 2.13. The molecule has 0 aliphatic rings. The molecule has 0 aromatic heterocycles. The first-order valence-electron chi connectivity index (χ1n) is 4.58. The highest BCUT2D eigenvalue weighted by Gasteiger charge is 2.20. The van der Waals surface area contributed by atoms with Gasteiger partial charge in [0.15, 0.2) is 0 Å². The van der Waals surface area contributed by atoms with Crippen molar-refractivity contribution >= 4 is 0 Å². The van der Waals surface area contributed by atoms with E-state index in [0.717, 1.165) is 0 Å². The Morgan fingerprint density at radius 2 is 0.875 bits per heavy atom. The molecule has 0 spiro atoms. The molecule has 0 fully saturated rings. The first-order valence-corrected chi connectivity index (χ1v) is 4.58. The van der Waals surface area contributed by atoms with Crippen LogP contribution in [0.15, 0.2) is 24.3 Å². The van der Waals surface area contributed by atoms with E-state index in [1.165, 1.54) is 24.3 Å². The molecular formula is C10H14O6. The zero-order valence-electron chi connectivity index (χ0n) is 8.41. The molecule has 0 saturated heterocycles. The maximum Gasteiger partial charge on any atom is 0.279 e. The number of benzene rings is 1. The Kier molecular flexibility index (Phi) is 3.64. The Bertz CT molecular complexity index is 297. The first-order chi connectivity index (χ1) is 7.16. The zero-order valence-corrected chi connectivity index (χ0v) is 8.41. The van der Waals surface area contributed by atoms with E-state index in [2.05, 4.69) is 0 Å². The molecule has 0 heterocycles. The quantitative estimate of drug-likeness (QED) is 0.334. The van der Waals surface area contributed by atoms with Gasteiger partial charge in [0.1, 0.15) is 0 Å². The molecule has 6 N–H and O–H groups in total. The lowest BCUT2D eigenvalue weighted by Gasteiger charge is -2.16. The molecule has 0 atom stereocenters. The second-order valence-corrected chi connectivity index (χ2v) is 3.72. The van der Waals surface area contributed by atoms with Crippen LogP contribution in [0.25, 0.3) is 0 Å². The lowest BCUT2D eigenvalue weighted by atomic mass is 10.1. The van der Waals surface area contributed by atoms with E-state index in [9.17, 15) is 0 Å². The van der Waals surface area contributed by atoms with Crippen molar-refractivity contribution in [2.24, 2.45) is 0 Å². The minimum absolute atomic E-state index is 0.365. The fourth-order valence-corrected chi connectivity index (χ4v) is 1.32. The van der Waals surface area contributed by atoms with Gasteiger partial charge in [-0.25, -0.2) is 0 Å². The zero-order chi connectivity index (χ0) is 12.4. The second kappa shape index (κ2) is 4.46. The van der Waals surface area contributed by atoms with E-state index in [0.29, 0.717) is 11.1 Å². The van der Waals surface area contributed by atoms with Gasteiger partial charge in [0.25, 0.3) is 11.9 Å². The highest BCUT2D eigenvalue weighted by atomic mass is 16.7. The van der Waals surface area contributed by atoms with E-state index >= 15 is 0 Å². The summed E-state index contributed by atoms with van der Waals surface area (Å²) in [6, 6.07) is 5.88. The van der Waals surface area contributed by atoms with Gasteiger partial charge in [-0.15, -0.1) is 0 Å². The van der Waals surface area contributed by atoms with Crippen LogP contribution in [0.1, 0.15) is 11.1 Å². The topological polar surface area (TPSA) is 121 Å². The molecule has 1 aromatic carbocycles. The summed E-state index contributed by atoms with van der Waals surface area (Å²) in [6.07, 6.45) is -0.731. The van der Waals surface area contributed by atoms with E-state index in [1.54, 1.807) is 0 Å². The summed E-state index contributed by atoms with van der Waals surface area (Å²) in [5, 5.41) is 52.3. The van der Waals surface area contributed by atoms with Gasteiger partial charge in [0, 0.05) is 0 Å². The largest absolute Gasteiger partial charge is 0.343 e. The van der Waals surface area contributed by atoms with Crippen LogP contribution in [0.4, 0.5) is 0 Å². The summed E-state index contributed by atoms with van der Waals surface area (Å²) in [7, 11) is 0. The average molecular weight is 230 g/mol. The Labute approximate surface area is 91.7 Å². The summed E-state index contributed by atoms with van der Waals surface area (Å²) >= 11 is 0. The van der Waals surface area contributed by atoms with E-state index in [1.807, 2.05) is 0 Å². The van der Waals surface area contributed by atoms with Crippen molar-refractivity contribution in [2.75, 3.05) is 0 Å². The Morgan fingerprint density at radius 1 is 0.625 bits per heavy atom. The number of hydrogen-bond acceptors (Lipinski definition) is 6. The fourth-order valence-electron chi connectivity index (χ4n) is 1.32. The molecule has 0 bridgehead atoms. The van der Waals surface area contributed by atoms with Crippen LogP contribution in [0, 0.1) is 0 Å². The minimum atomic E-state index is -2.77. The maximum atomic E-state index is 8.72. The standard InChI is InChI=1S/C10H14O6/c11-9(12,13)5-7-1-2-8(4-3-7)6-10(14,15)16/h1-4,11-16H,5-6H2. The van der Waals surface area contributed by atoms with Crippen molar-refractivity contribution in [3.8, 4) is 0 Å². The summed E-state index contributed by atoms with van der Waals surface area (Å²) in [6.45, 7) is 0. The van der Waals surface area contributed by atoms with Crippen LogP contribution in [-0.2, 0) is 12.8 Å². The van der Waals surface area contributed by atoms with Gasteiger partial charge < -0.3 is 30.6 Å². The van der Waals surface area contributed by atoms with Crippen LogP contribution in [0.2, 0.25) is 0 Å². The smallest absolute Gasteiger partial charge is 0.279 e. The van der Waals surface area contributed by atoms with Crippen LogP contribution >= 0.6 is 0 Å². The molecule has 16 heavy (non-hydrogen) atoms. The normalized spacial score (nSPS) is 12.9. The average Bonchev–Trinajstić information content (AvgIpc) is 2.03. The highest BCUT2D eigenvalue weighted by molar-refractivity contribution is 5.23. The monoisotopic (exact) mass is 230 g/mol. The Morgan fingerprint density at radius 3 is 1.06 bits per heavy atom. The van der Waals surface area contributed by atoms with Crippen molar-refractivity contribution in [3.63, 3.8) is 0 Å². The molecular weight excluding hydrogens is 216 g/mol. The number of aliphatic hydroxyl groups is 6. The molecule has 0 aliphatic carbocycles.